The fourth-order valence-electron chi connectivity index (χ4n) is 5.74. The van der Waals surface area contributed by atoms with E-state index in [1.54, 1.807) is 11.3 Å². The molecule has 0 aliphatic heterocycles. The summed E-state index contributed by atoms with van der Waals surface area (Å²) >= 11 is 1.58. The van der Waals surface area contributed by atoms with Gasteiger partial charge in [0.2, 0.25) is 0 Å². The molecule has 1 heterocycles. The van der Waals surface area contributed by atoms with Gasteiger partial charge in [-0.25, -0.2) is 4.79 Å². The number of aryl methyl sites for hydroxylation is 1. The molecule has 28 heavy (non-hydrogen) atoms. The molecular formula is C21H28N2O4S. The Kier molecular flexibility index (Phi) is 5.45. The third-order valence-corrected chi connectivity index (χ3v) is 7.26. The summed E-state index contributed by atoms with van der Waals surface area (Å²) in [6.45, 7) is 1.50. The van der Waals surface area contributed by atoms with Crippen molar-refractivity contribution in [3.8, 4) is 0 Å². The molecule has 0 spiro atoms. The Labute approximate surface area is 169 Å². The zero-order chi connectivity index (χ0) is 19.7. The number of thiophene rings is 1. The molecule has 5 rings (SSSR count). The molecular weight excluding hydrogens is 376 g/mol. The third-order valence-electron chi connectivity index (χ3n) is 6.53. The average molecular weight is 405 g/mol. The van der Waals surface area contributed by atoms with E-state index in [9.17, 15) is 14.4 Å². The van der Waals surface area contributed by atoms with Crippen LogP contribution in [0, 0.1) is 17.8 Å². The molecule has 0 aromatic carbocycles. The number of esters is 1. The van der Waals surface area contributed by atoms with Crippen molar-refractivity contribution >= 4 is 29.2 Å². The Bertz CT molecular complexity index is 710. The maximum absolute atomic E-state index is 12.4. The van der Waals surface area contributed by atoms with Crippen LogP contribution in [0.3, 0.4) is 0 Å². The van der Waals surface area contributed by atoms with Crippen LogP contribution in [0.2, 0.25) is 0 Å². The maximum atomic E-state index is 12.4. The van der Waals surface area contributed by atoms with E-state index in [0.717, 1.165) is 24.8 Å². The van der Waals surface area contributed by atoms with E-state index in [1.807, 2.05) is 16.8 Å². The normalized spacial score (nSPS) is 31.2. The zero-order valence-corrected chi connectivity index (χ0v) is 17.1. The lowest BCUT2D eigenvalue weighted by atomic mass is 9.53. The first-order valence-corrected chi connectivity index (χ1v) is 11.2. The van der Waals surface area contributed by atoms with Crippen LogP contribution in [0.25, 0.3) is 0 Å². The highest BCUT2D eigenvalue weighted by atomic mass is 32.1. The largest absolute Gasteiger partial charge is 0.453 e. The number of nitrogens with one attached hydrogen (secondary N) is 2. The molecule has 4 fully saturated rings. The molecule has 4 aliphatic rings. The number of carbonyl (C=O) groups excluding carboxylic acids is 3. The van der Waals surface area contributed by atoms with Crippen LogP contribution in [0.15, 0.2) is 16.8 Å². The number of ether oxygens (including phenoxy) is 1. The van der Waals surface area contributed by atoms with Gasteiger partial charge in [-0.15, -0.1) is 0 Å². The van der Waals surface area contributed by atoms with Crippen molar-refractivity contribution in [2.45, 2.75) is 69.9 Å². The van der Waals surface area contributed by atoms with Crippen molar-refractivity contribution in [1.82, 2.24) is 10.6 Å². The van der Waals surface area contributed by atoms with Gasteiger partial charge < -0.3 is 10.1 Å². The standard InChI is InChI=1S/C21H28N2O4S/c1-13(27-18(24)3-2-14-4-5-28-12-14)19(25)22-20(26)23-21-9-15-6-16(10-21)8-17(7-15)11-21/h4-5,12-13,15-17H,2-3,6-11H2,1H3,(H2,22,23,25,26)/t13-,15?,16?,17?,21?/m1/s1. The van der Waals surface area contributed by atoms with Crippen molar-refractivity contribution in [3.05, 3.63) is 22.4 Å². The van der Waals surface area contributed by atoms with Crippen LogP contribution in [-0.4, -0.2) is 29.6 Å². The molecule has 1 aromatic heterocycles. The summed E-state index contributed by atoms with van der Waals surface area (Å²) in [5.74, 6) is 1.13. The van der Waals surface area contributed by atoms with Crippen molar-refractivity contribution in [3.63, 3.8) is 0 Å². The fourth-order valence-corrected chi connectivity index (χ4v) is 6.44. The Balaban J connectivity index is 1.23. The highest BCUT2D eigenvalue weighted by Crippen LogP contribution is 2.55. The number of hydrogen-bond acceptors (Lipinski definition) is 5. The van der Waals surface area contributed by atoms with Gasteiger partial charge in [0.1, 0.15) is 0 Å². The number of imide groups is 1. The van der Waals surface area contributed by atoms with E-state index < -0.39 is 24.0 Å². The van der Waals surface area contributed by atoms with Gasteiger partial charge in [0.25, 0.3) is 5.91 Å². The first-order chi connectivity index (χ1) is 13.4. The summed E-state index contributed by atoms with van der Waals surface area (Å²) in [7, 11) is 0. The topological polar surface area (TPSA) is 84.5 Å². The van der Waals surface area contributed by atoms with Crippen LogP contribution < -0.4 is 10.6 Å². The minimum absolute atomic E-state index is 0.153. The van der Waals surface area contributed by atoms with Crippen LogP contribution in [0.5, 0.6) is 0 Å². The molecule has 0 radical (unpaired) electrons. The molecule has 152 valence electrons. The summed E-state index contributed by atoms with van der Waals surface area (Å²) in [6.07, 6.45) is 6.75. The number of urea groups is 1. The van der Waals surface area contributed by atoms with Crippen LogP contribution in [0.1, 0.15) is 57.4 Å². The molecule has 0 unspecified atom stereocenters. The van der Waals surface area contributed by atoms with E-state index in [4.69, 9.17) is 4.74 Å². The Morgan fingerprint density at radius 2 is 1.82 bits per heavy atom. The summed E-state index contributed by atoms with van der Waals surface area (Å²) in [5, 5.41) is 9.40. The second-order valence-corrected chi connectivity index (χ2v) is 9.68. The van der Waals surface area contributed by atoms with E-state index in [0.29, 0.717) is 24.2 Å². The van der Waals surface area contributed by atoms with Crippen LogP contribution in [-0.2, 0) is 20.7 Å². The van der Waals surface area contributed by atoms with Gasteiger partial charge in [-0.2, -0.15) is 11.3 Å². The smallest absolute Gasteiger partial charge is 0.321 e. The molecule has 4 aliphatic carbocycles. The molecule has 1 atom stereocenters. The van der Waals surface area contributed by atoms with Gasteiger partial charge in [0, 0.05) is 12.0 Å². The van der Waals surface area contributed by atoms with Gasteiger partial charge in [-0.05, 0) is 92.0 Å². The lowest BCUT2D eigenvalue weighted by molar-refractivity contribution is -0.154. The van der Waals surface area contributed by atoms with Crippen LogP contribution in [0.4, 0.5) is 4.79 Å². The first kappa shape index (κ1) is 19.4. The second kappa shape index (κ2) is 7.85. The molecule has 6 nitrogen and oxygen atoms in total. The maximum Gasteiger partial charge on any atom is 0.321 e. The van der Waals surface area contributed by atoms with Crippen molar-refractivity contribution < 1.29 is 19.1 Å². The molecule has 4 saturated carbocycles. The van der Waals surface area contributed by atoms with Gasteiger partial charge in [-0.3, -0.25) is 14.9 Å². The molecule has 3 amide bonds. The van der Waals surface area contributed by atoms with E-state index in [2.05, 4.69) is 10.6 Å². The fraction of sp³-hybridized carbons (Fsp3) is 0.667. The number of amides is 3. The summed E-state index contributed by atoms with van der Waals surface area (Å²) < 4.78 is 5.18. The minimum Gasteiger partial charge on any atom is -0.453 e. The van der Waals surface area contributed by atoms with Crippen molar-refractivity contribution in [2.75, 3.05) is 0 Å². The van der Waals surface area contributed by atoms with Gasteiger partial charge in [0.05, 0.1) is 0 Å². The monoisotopic (exact) mass is 404 g/mol. The Morgan fingerprint density at radius 3 is 2.39 bits per heavy atom. The van der Waals surface area contributed by atoms with Crippen molar-refractivity contribution in [1.29, 1.82) is 0 Å². The number of carbonyl (C=O) groups is 3. The second-order valence-electron chi connectivity index (χ2n) is 8.90. The Hall–Kier alpha value is -1.89. The molecule has 0 saturated heterocycles. The quantitative estimate of drug-likeness (QED) is 0.712. The van der Waals surface area contributed by atoms with E-state index in [1.165, 1.54) is 26.2 Å². The predicted octanol–water partition coefficient (Wildman–Crippen LogP) is 3.41. The number of hydrogen-bond donors (Lipinski definition) is 2. The van der Waals surface area contributed by atoms with Crippen molar-refractivity contribution in [2.24, 2.45) is 17.8 Å². The highest BCUT2D eigenvalue weighted by molar-refractivity contribution is 7.07. The predicted molar refractivity (Wildman–Crippen MR) is 106 cm³/mol. The summed E-state index contributed by atoms with van der Waals surface area (Å²) in [4.78, 5) is 36.6. The lowest BCUT2D eigenvalue weighted by Gasteiger charge is -2.56. The molecule has 7 heteroatoms. The van der Waals surface area contributed by atoms with E-state index in [-0.39, 0.29) is 12.0 Å². The van der Waals surface area contributed by atoms with Crippen LogP contribution >= 0.6 is 11.3 Å². The van der Waals surface area contributed by atoms with Gasteiger partial charge in [-0.1, -0.05) is 0 Å². The van der Waals surface area contributed by atoms with Gasteiger partial charge >= 0.3 is 12.0 Å². The lowest BCUT2D eigenvalue weighted by Crippen LogP contribution is -2.62. The number of rotatable bonds is 6. The summed E-state index contributed by atoms with van der Waals surface area (Å²) in [6, 6.07) is 1.50. The molecule has 2 N–H and O–H groups in total. The average Bonchev–Trinajstić information content (AvgIpc) is 3.11. The molecule has 4 bridgehead atoms. The van der Waals surface area contributed by atoms with Gasteiger partial charge in [0.15, 0.2) is 6.10 Å². The SMILES string of the molecule is C[C@@H](OC(=O)CCc1ccsc1)C(=O)NC(=O)NC12CC3CC(CC(C3)C1)C2. The third kappa shape index (κ3) is 4.40. The first-order valence-electron chi connectivity index (χ1n) is 10.2. The summed E-state index contributed by atoms with van der Waals surface area (Å²) in [5.41, 5.74) is 0.925. The highest BCUT2D eigenvalue weighted by Gasteiger charge is 2.51. The molecule has 1 aromatic rings. The zero-order valence-electron chi connectivity index (χ0n) is 16.2. The van der Waals surface area contributed by atoms with E-state index >= 15 is 0 Å². The Morgan fingerprint density at radius 1 is 1.18 bits per heavy atom. The minimum atomic E-state index is -0.989.